The van der Waals surface area contributed by atoms with Crippen molar-refractivity contribution in [3.05, 3.63) is 10.0 Å². The van der Waals surface area contributed by atoms with Gasteiger partial charge in [-0.05, 0) is 34.6 Å². The molecule has 6 nitrogen and oxygen atoms in total. The second-order valence-electron chi connectivity index (χ2n) is 6.46. The molecule has 7 heteroatoms. The van der Waals surface area contributed by atoms with E-state index in [0.29, 0.717) is 13.1 Å². The molecule has 0 radical (unpaired) electrons. The Morgan fingerprint density at radius 2 is 2.10 bits per heavy atom. The Kier molecular flexibility index (Phi) is 4.83. The van der Waals surface area contributed by atoms with Crippen LogP contribution < -0.4 is 0 Å². The van der Waals surface area contributed by atoms with Crippen molar-refractivity contribution in [2.75, 3.05) is 19.6 Å². The van der Waals surface area contributed by atoms with Gasteiger partial charge in [0, 0.05) is 25.7 Å². The fourth-order valence-corrected chi connectivity index (χ4v) is 3.03. The van der Waals surface area contributed by atoms with Gasteiger partial charge in [0.05, 0.1) is 6.54 Å². The maximum Gasteiger partial charge on any atom is 0.410 e. The summed E-state index contributed by atoms with van der Waals surface area (Å²) in [6.45, 7) is 12.8. The van der Waals surface area contributed by atoms with Crippen LogP contribution in [0.1, 0.15) is 37.7 Å². The van der Waals surface area contributed by atoms with Crippen LogP contribution in [0.5, 0.6) is 0 Å². The first-order valence-electron chi connectivity index (χ1n) is 7.25. The van der Waals surface area contributed by atoms with Crippen LogP contribution in [0.15, 0.2) is 0 Å². The third-order valence-corrected chi connectivity index (χ3v) is 4.15. The number of carbonyl (C=O) groups excluding carboxylic acids is 1. The first-order valence-corrected chi connectivity index (χ1v) is 8.07. The van der Waals surface area contributed by atoms with Crippen molar-refractivity contribution in [2.45, 2.75) is 52.8 Å². The molecule has 0 saturated carbocycles. The van der Waals surface area contributed by atoms with Gasteiger partial charge in [0.15, 0.2) is 0 Å². The fraction of sp³-hybridized carbons (Fsp3) is 0.786. The molecule has 2 rings (SSSR count). The molecule has 0 spiro atoms. The standard InChI is InChI=1S/C14H24N4O2S/c1-10-8-18(13(19)20-14(3,4)5)7-6-17(10)9-12-16-15-11(2)21-12/h10H,6-9H2,1-5H3/t10-/m0/s1. The van der Waals surface area contributed by atoms with Gasteiger partial charge in [-0.25, -0.2) is 4.79 Å². The first-order chi connectivity index (χ1) is 9.74. The van der Waals surface area contributed by atoms with Gasteiger partial charge in [0.2, 0.25) is 0 Å². The van der Waals surface area contributed by atoms with Crippen LogP contribution >= 0.6 is 11.3 Å². The quantitative estimate of drug-likeness (QED) is 0.838. The molecule has 1 atom stereocenters. The molecule has 1 aromatic heterocycles. The van der Waals surface area contributed by atoms with Crippen molar-refractivity contribution < 1.29 is 9.53 Å². The minimum Gasteiger partial charge on any atom is -0.444 e. The third kappa shape index (κ3) is 4.64. The number of carbonyl (C=O) groups is 1. The van der Waals surface area contributed by atoms with Gasteiger partial charge in [-0.1, -0.05) is 0 Å². The molecule has 1 fully saturated rings. The van der Waals surface area contributed by atoms with E-state index < -0.39 is 5.60 Å². The SMILES string of the molecule is Cc1nnc(CN2CCN(C(=O)OC(C)(C)C)C[C@@H]2C)s1. The molecule has 2 heterocycles. The molecular formula is C14H24N4O2S. The van der Waals surface area contributed by atoms with Crippen molar-refractivity contribution in [3.8, 4) is 0 Å². The first kappa shape index (κ1) is 16.2. The van der Waals surface area contributed by atoms with E-state index >= 15 is 0 Å². The lowest BCUT2D eigenvalue weighted by atomic mass is 10.2. The highest BCUT2D eigenvalue weighted by Crippen LogP contribution is 2.18. The fourth-order valence-electron chi connectivity index (χ4n) is 2.30. The highest BCUT2D eigenvalue weighted by atomic mass is 32.1. The van der Waals surface area contributed by atoms with Gasteiger partial charge < -0.3 is 9.64 Å². The smallest absolute Gasteiger partial charge is 0.410 e. The summed E-state index contributed by atoms with van der Waals surface area (Å²) >= 11 is 1.63. The Labute approximate surface area is 130 Å². The zero-order valence-electron chi connectivity index (χ0n) is 13.4. The molecule has 118 valence electrons. The second-order valence-corrected chi connectivity index (χ2v) is 7.73. The number of nitrogens with zero attached hydrogens (tertiary/aromatic N) is 4. The number of aryl methyl sites for hydroxylation is 1. The average molecular weight is 312 g/mol. The maximum absolute atomic E-state index is 12.1. The minimum absolute atomic E-state index is 0.222. The van der Waals surface area contributed by atoms with Crippen LogP contribution in [-0.4, -0.2) is 57.4 Å². The van der Waals surface area contributed by atoms with Crippen molar-refractivity contribution in [3.63, 3.8) is 0 Å². The molecule has 0 aromatic carbocycles. The number of hydrogen-bond donors (Lipinski definition) is 0. The molecular weight excluding hydrogens is 288 g/mol. The summed E-state index contributed by atoms with van der Waals surface area (Å²) in [6, 6.07) is 0.287. The van der Waals surface area contributed by atoms with Crippen LogP contribution in [0.3, 0.4) is 0 Å². The van der Waals surface area contributed by atoms with Gasteiger partial charge in [-0.15, -0.1) is 21.5 Å². The highest BCUT2D eigenvalue weighted by molar-refractivity contribution is 7.11. The van der Waals surface area contributed by atoms with E-state index in [1.54, 1.807) is 16.2 Å². The van der Waals surface area contributed by atoms with E-state index in [2.05, 4.69) is 22.0 Å². The lowest BCUT2D eigenvalue weighted by Crippen LogP contribution is -2.54. The van der Waals surface area contributed by atoms with E-state index in [1.807, 2.05) is 27.7 Å². The van der Waals surface area contributed by atoms with Crippen LogP contribution in [0, 0.1) is 6.92 Å². The summed E-state index contributed by atoms with van der Waals surface area (Å²) in [5.41, 5.74) is -0.443. The molecule has 1 aliphatic rings. The van der Waals surface area contributed by atoms with Crippen molar-refractivity contribution in [1.29, 1.82) is 0 Å². The minimum atomic E-state index is -0.443. The predicted octanol–water partition coefficient (Wildman–Crippen LogP) is 2.29. The lowest BCUT2D eigenvalue weighted by molar-refractivity contribution is 0.00458. The van der Waals surface area contributed by atoms with Crippen LogP contribution in [0.25, 0.3) is 0 Å². The largest absolute Gasteiger partial charge is 0.444 e. The Balaban J connectivity index is 1.88. The number of piperazine rings is 1. The third-order valence-electron chi connectivity index (χ3n) is 3.32. The van der Waals surface area contributed by atoms with E-state index in [4.69, 9.17) is 4.74 Å². The van der Waals surface area contributed by atoms with Crippen LogP contribution in [-0.2, 0) is 11.3 Å². The van der Waals surface area contributed by atoms with E-state index in [0.717, 1.165) is 23.1 Å². The summed E-state index contributed by atoms with van der Waals surface area (Å²) in [5.74, 6) is 0. The van der Waals surface area contributed by atoms with E-state index in [-0.39, 0.29) is 12.1 Å². The lowest BCUT2D eigenvalue weighted by Gasteiger charge is -2.39. The molecule has 1 amide bonds. The Morgan fingerprint density at radius 3 is 2.62 bits per heavy atom. The normalized spacial score (nSPS) is 20.6. The monoisotopic (exact) mass is 312 g/mol. The summed E-state index contributed by atoms with van der Waals surface area (Å²) < 4.78 is 5.43. The molecule has 1 aliphatic heterocycles. The van der Waals surface area contributed by atoms with Crippen LogP contribution in [0.4, 0.5) is 4.79 Å². The molecule has 1 aromatic rings. The topological polar surface area (TPSA) is 58.6 Å². The highest BCUT2D eigenvalue weighted by Gasteiger charge is 2.30. The number of hydrogen-bond acceptors (Lipinski definition) is 6. The van der Waals surface area contributed by atoms with Crippen molar-refractivity contribution in [1.82, 2.24) is 20.0 Å². The molecule has 21 heavy (non-hydrogen) atoms. The van der Waals surface area contributed by atoms with Gasteiger partial charge in [-0.2, -0.15) is 0 Å². The molecule has 0 unspecified atom stereocenters. The zero-order valence-corrected chi connectivity index (χ0v) is 14.2. The Morgan fingerprint density at radius 1 is 1.38 bits per heavy atom. The molecule has 0 N–H and O–H groups in total. The summed E-state index contributed by atoms with van der Waals surface area (Å²) in [7, 11) is 0. The number of rotatable bonds is 2. The summed E-state index contributed by atoms with van der Waals surface area (Å²) in [6.07, 6.45) is -0.222. The summed E-state index contributed by atoms with van der Waals surface area (Å²) in [5, 5.41) is 10.2. The number of amides is 1. The van der Waals surface area contributed by atoms with E-state index in [9.17, 15) is 4.79 Å². The van der Waals surface area contributed by atoms with Gasteiger partial charge >= 0.3 is 6.09 Å². The van der Waals surface area contributed by atoms with Gasteiger partial charge in [0.1, 0.15) is 15.6 Å². The Hall–Kier alpha value is -1.21. The predicted molar refractivity (Wildman–Crippen MR) is 82.3 cm³/mol. The average Bonchev–Trinajstić information content (AvgIpc) is 2.75. The van der Waals surface area contributed by atoms with Crippen molar-refractivity contribution >= 4 is 17.4 Å². The van der Waals surface area contributed by atoms with Gasteiger partial charge in [-0.3, -0.25) is 4.90 Å². The number of ether oxygens (including phenoxy) is 1. The van der Waals surface area contributed by atoms with Crippen LogP contribution in [0.2, 0.25) is 0 Å². The van der Waals surface area contributed by atoms with E-state index in [1.165, 1.54) is 0 Å². The number of aromatic nitrogens is 2. The van der Waals surface area contributed by atoms with Gasteiger partial charge in [0.25, 0.3) is 0 Å². The van der Waals surface area contributed by atoms with Crippen molar-refractivity contribution in [2.24, 2.45) is 0 Å². The summed E-state index contributed by atoms with van der Waals surface area (Å²) in [4.78, 5) is 16.2. The molecule has 0 aliphatic carbocycles. The second kappa shape index (κ2) is 6.27. The zero-order chi connectivity index (χ0) is 15.6. The Bertz CT molecular complexity index is 497. The maximum atomic E-state index is 12.1. The molecule has 1 saturated heterocycles. The molecule has 0 bridgehead atoms.